The molecule has 0 bridgehead atoms. The van der Waals surface area contributed by atoms with Crippen molar-refractivity contribution in [2.75, 3.05) is 0 Å². The molecule has 1 N–H and O–H groups in total. The van der Waals surface area contributed by atoms with Crippen LogP contribution in [0.4, 0.5) is 0 Å². The van der Waals surface area contributed by atoms with Crippen molar-refractivity contribution in [2.45, 2.75) is 26.2 Å². The number of hydrogen-bond donors (Lipinski definition) is 1. The van der Waals surface area contributed by atoms with Crippen molar-refractivity contribution >= 4 is 32.3 Å². The van der Waals surface area contributed by atoms with Crippen molar-refractivity contribution < 1.29 is 9.68 Å². The Hall–Kier alpha value is -0.728. The van der Waals surface area contributed by atoms with Crippen LogP contribution in [-0.4, -0.2) is 20.2 Å². The molecule has 1 aliphatic heterocycles. The van der Waals surface area contributed by atoms with Gasteiger partial charge in [-0.05, 0) is 23.2 Å². The summed E-state index contributed by atoms with van der Waals surface area (Å²) in [6.07, 6.45) is 0. The molecule has 1 heterocycles. The fraction of sp³-hybridized carbons (Fsp3) is 0.333. The molecule has 1 aromatic carbocycles. The normalized spacial score (nSPS) is 14.3. The highest BCUT2D eigenvalue weighted by Crippen LogP contribution is 2.20. The number of halogens is 1. The largest absolute Gasteiger partial charge is 0.491 e. The van der Waals surface area contributed by atoms with Crippen molar-refractivity contribution in [1.29, 1.82) is 0 Å². The maximum absolute atomic E-state index is 9.62. The highest BCUT2D eigenvalue weighted by molar-refractivity contribution is 6.83. The van der Waals surface area contributed by atoms with Gasteiger partial charge in [-0.2, -0.15) is 0 Å². The SMILES string of the molecule is C[Si](C)(C)C#Cc1cc2c(cc1Cl)COB2O. The van der Waals surface area contributed by atoms with Crippen molar-refractivity contribution in [3.8, 4) is 11.5 Å². The Morgan fingerprint density at radius 2 is 2.12 bits per heavy atom. The summed E-state index contributed by atoms with van der Waals surface area (Å²) in [6.45, 7) is 6.95. The average molecular weight is 265 g/mol. The lowest BCUT2D eigenvalue weighted by Crippen LogP contribution is -2.28. The summed E-state index contributed by atoms with van der Waals surface area (Å²) >= 11 is 6.16. The van der Waals surface area contributed by atoms with E-state index < -0.39 is 15.2 Å². The summed E-state index contributed by atoms with van der Waals surface area (Å²) in [7, 11) is -2.26. The van der Waals surface area contributed by atoms with Gasteiger partial charge in [-0.1, -0.05) is 37.2 Å². The van der Waals surface area contributed by atoms with Crippen molar-refractivity contribution in [3.63, 3.8) is 0 Å². The summed E-state index contributed by atoms with van der Waals surface area (Å²) in [4.78, 5) is 0. The third kappa shape index (κ3) is 2.94. The highest BCUT2D eigenvalue weighted by atomic mass is 35.5. The second kappa shape index (κ2) is 4.51. The van der Waals surface area contributed by atoms with Crippen LogP contribution in [0, 0.1) is 11.5 Å². The van der Waals surface area contributed by atoms with Crippen LogP contribution in [0.3, 0.4) is 0 Å². The maximum Gasteiger partial charge on any atom is 0.491 e. The van der Waals surface area contributed by atoms with Gasteiger partial charge >= 0.3 is 7.12 Å². The van der Waals surface area contributed by atoms with Crippen LogP contribution in [0.5, 0.6) is 0 Å². The van der Waals surface area contributed by atoms with Crippen LogP contribution in [0.25, 0.3) is 0 Å². The van der Waals surface area contributed by atoms with Crippen LogP contribution >= 0.6 is 11.6 Å². The summed E-state index contributed by atoms with van der Waals surface area (Å²) in [6, 6.07) is 3.67. The topological polar surface area (TPSA) is 29.5 Å². The molecule has 0 amide bonds. The first-order chi connectivity index (χ1) is 7.87. The van der Waals surface area contributed by atoms with Gasteiger partial charge in [0.25, 0.3) is 0 Å². The van der Waals surface area contributed by atoms with E-state index in [1.165, 1.54) is 0 Å². The lowest BCUT2D eigenvalue weighted by atomic mass is 9.79. The standard InChI is InChI=1S/C12H14BClO2Si/c1-17(2,3)5-4-9-6-11-10(7-12(9)14)8-16-13(11)15/h6-7,15H,8H2,1-3H3. The predicted octanol–water partition coefficient (Wildman–Crippen LogP) is 1.79. The van der Waals surface area contributed by atoms with Gasteiger partial charge in [0.2, 0.25) is 0 Å². The molecule has 0 radical (unpaired) electrons. The molecule has 0 unspecified atom stereocenters. The van der Waals surface area contributed by atoms with Gasteiger partial charge in [0.15, 0.2) is 0 Å². The molecule has 0 saturated heterocycles. The second-order valence-corrected chi connectivity index (χ2v) is 10.4. The number of rotatable bonds is 0. The lowest BCUT2D eigenvalue weighted by Gasteiger charge is -2.05. The van der Waals surface area contributed by atoms with Crippen LogP contribution in [0.1, 0.15) is 11.1 Å². The second-order valence-electron chi connectivity index (χ2n) is 5.19. The molecule has 0 aliphatic carbocycles. The first-order valence-electron chi connectivity index (χ1n) is 5.52. The summed E-state index contributed by atoms with van der Waals surface area (Å²) in [5.41, 5.74) is 5.77. The monoisotopic (exact) mass is 264 g/mol. The fourth-order valence-corrected chi connectivity index (χ4v) is 2.34. The van der Waals surface area contributed by atoms with Crippen LogP contribution in [0.15, 0.2) is 12.1 Å². The Morgan fingerprint density at radius 3 is 2.76 bits per heavy atom. The third-order valence-electron chi connectivity index (χ3n) is 2.46. The van der Waals surface area contributed by atoms with Gasteiger partial charge in [0, 0.05) is 5.56 Å². The van der Waals surface area contributed by atoms with Crippen molar-refractivity contribution in [3.05, 3.63) is 28.3 Å². The Labute approximate surface area is 108 Å². The number of hydrogen-bond acceptors (Lipinski definition) is 2. The van der Waals surface area contributed by atoms with E-state index in [9.17, 15) is 5.02 Å². The Morgan fingerprint density at radius 1 is 1.41 bits per heavy atom. The lowest BCUT2D eigenvalue weighted by molar-refractivity contribution is 0.275. The molecule has 1 aromatic rings. The Kier molecular flexibility index (Phi) is 3.37. The van der Waals surface area contributed by atoms with E-state index >= 15 is 0 Å². The van der Waals surface area contributed by atoms with E-state index in [0.29, 0.717) is 11.6 Å². The van der Waals surface area contributed by atoms with Crippen LogP contribution in [-0.2, 0) is 11.3 Å². The first-order valence-corrected chi connectivity index (χ1v) is 9.40. The van der Waals surface area contributed by atoms with Crippen molar-refractivity contribution in [2.24, 2.45) is 0 Å². The highest BCUT2D eigenvalue weighted by Gasteiger charge is 2.28. The van der Waals surface area contributed by atoms with Crippen LogP contribution in [0.2, 0.25) is 24.7 Å². The minimum Gasteiger partial charge on any atom is -0.423 e. The summed E-state index contributed by atoms with van der Waals surface area (Å²) in [5, 5.41) is 10.3. The summed E-state index contributed by atoms with van der Waals surface area (Å²) < 4.78 is 5.14. The van der Waals surface area contributed by atoms with Gasteiger partial charge in [-0.15, -0.1) is 5.54 Å². The van der Waals surface area contributed by atoms with Gasteiger partial charge in [-0.3, -0.25) is 0 Å². The predicted molar refractivity (Wildman–Crippen MR) is 74.1 cm³/mol. The van der Waals surface area contributed by atoms with Gasteiger partial charge in [0.1, 0.15) is 8.07 Å². The average Bonchev–Trinajstić information content (AvgIpc) is 2.55. The molecule has 0 saturated carbocycles. The van der Waals surface area contributed by atoms with E-state index in [1.807, 2.05) is 12.1 Å². The minimum absolute atomic E-state index is 0.415. The molecule has 2 nitrogen and oxygen atoms in total. The fourth-order valence-electron chi connectivity index (χ4n) is 1.60. The molecule has 0 aromatic heterocycles. The number of benzene rings is 1. The molecule has 0 spiro atoms. The van der Waals surface area contributed by atoms with E-state index in [1.54, 1.807) is 0 Å². The van der Waals surface area contributed by atoms with Crippen molar-refractivity contribution in [1.82, 2.24) is 0 Å². The van der Waals surface area contributed by atoms with Gasteiger partial charge in [-0.25, -0.2) is 0 Å². The Balaban J connectivity index is 2.42. The molecular formula is C12H14BClO2Si. The quantitative estimate of drug-likeness (QED) is 0.572. The van der Waals surface area contributed by atoms with Gasteiger partial charge < -0.3 is 9.68 Å². The zero-order valence-corrected chi connectivity index (χ0v) is 11.9. The van der Waals surface area contributed by atoms with E-state index in [2.05, 4.69) is 31.1 Å². The van der Waals surface area contributed by atoms with E-state index in [0.717, 1.165) is 16.6 Å². The van der Waals surface area contributed by atoms with Gasteiger partial charge in [0.05, 0.1) is 11.6 Å². The molecule has 0 atom stereocenters. The molecule has 17 heavy (non-hydrogen) atoms. The molecular weight excluding hydrogens is 250 g/mol. The van der Waals surface area contributed by atoms with E-state index in [-0.39, 0.29) is 0 Å². The third-order valence-corrected chi connectivity index (χ3v) is 3.65. The molecule has 88 valence electrons. The molecule has 5 heteroatoms. The van der Waals surface area contributed by atoms with E-state index in [4.69, 9.17) is 16.3 Å². The zero-order chi connectivity index (χ0) is 12.6. The smallest absolute Gasteiger partial charge is 0.423 e. The maximum atomic E-state index is 9.62. The zero-order valence-electron chi connectivity index (χ0n) is 10.2. The molecule has 0 fully saturated rings. The first kappa shape index (κ1) is 12.7. The molecule has 1 aliphatic rings. The summed E-state index contributed by atoms with van der Waals surface area (Å²) in [5.74, 6) is 3.12. The molecule has 2 rings (SSSR count). The van der Waals surface area contributed by atoms with Crippen LogP contribution < -0.4 is 5.46 Å². The Bertz CT molecular complexity index is 514. The number of fused-ring (bicyclic) bond motifs is 1. The minimum atomic E-state index is -1.42.